The lowest BCUT2D eigenvalue weighted by Gasteiger charge is -2.21. The fourth-order valence-corrected chi connectivity index (χ4v) is 3.81. The van der Waals surface area contributed by atoms with Crippen molar-refractivity contribution in [3.05, 3.63) is 22.7 Å². The van der Waals surface area contributed by atoms with E-state index in [1.54, 1.807) is 11.3 Å². The van der Waals surface area contributed by atoms with Crippen molar-refractivity contribution in [3.8, 4) is 0 Å². The molecule has 1 fully saturated rings. The molecule has 0 aliphatic heterocycles. The Labute approximate surface area is 131 Å². The summed E-state index contributed by atoms with van der Waals surface area (Å²) in [6.07, 6.45) is 6.97. The molecule has 1 N–H and O–H groups in total. The van der Waals surface area contributed by atoms with E-state index in [1.165, 1.54) is 36.8 Å². The zero-order valence-electron chi connectivity index (χ0n) is 11.4. The lowest BCUT2D eigenvalue weighted by molar-refractivity contribution is 0.0347. The van der Waals surface area contributed by atoms with Crippen LogP contribution in [0.4, 0.5) is 5.13 Å². The van der Waals surface area contributed by atoms with Gasteiger partial charge in [-0.25, -0.2) is 4.98 Å². The van der Waals surface area contributed by atoms with E-state index in [4.69, 9.17) is 4.74 Å². The average Bonchev–Trinajstić information content (AvgIpc) is 2.86. The molecule has 0 unspecified atom stereocenters. The van der Waals surface area contributed by atoms with Crippen molar-refractivity contribution < 1.29 is 4.74 Å². The number of halogens is 1. The van der Waals surface area contributed by atoms with Gasteiger partial charge in [-0.1, -0.05) is 46.5 Å². The highest BCUT2D eigenvalue weighted by molar-refractivity contribution is 9.10. The standard InChI is InChI=1S/C15H19BrN2OS/c16-11-6-7-14-13(10-11)18-15(20-14)17-8-9-19-12-4-2-1-3-5-12/h6-7,10,12H,1-5,8-9H2,(H,17,18). The van der Waals surface area contributed by atoms with Gasteiger partial charge in [0.1, 0.15) is 0 Å². The Bertz CT molecular complexity index is 566. The molecule has 1 aliphatic carbocycles. The predicted molar refractivity (Wildman–Crippen MR) is 88.6 cm³/mol. The topological polar surface area (TPSA) is 34.1 Å². The summed E-state index contributed by atoms with van der Waals surface area (Å²) in [6.45, 7) is 1.60. The first-order valence-electron chi connectivity index (χ1n) is 7.23. The smallest absolute Gasteiger partial charge is 0.183 e. The third-order valence-electron chi connectivity index (χ3n) is 3.63. The number of nitrogens with one attached hydrogen (secondary N) is 1. The lowest BCUT2D eigenvalue weighted by atomic mass is 9.98. The molecule has 0 spiro atoms. The molecule has 1 heterocycles. The van der Waals surface area contributed by atoms with E-state index in [1.807, 2.05) is 0 Å². The highest BCUT2D eigenvalue weighted by Gasteiger charge is 2.13. The molecule has 2 aromatic rings. The molecule has 0 saturated heterocycles. The number of ether oxygens (including phenoxy) is 1. The molecule has 0 amide bonds. The molecule has 0 bridgehead atoms. The number of hydrogen-bond donors (Lipinski definition) is 1. The summed E-state index contributed by atoms with van der Waals surface area (Å²) in [4.78, 5) is 4.58. The largest absolute Gasteiger partial charge is 0.376 e. The zero-order chi connectivity index (χ0) is 13.8. The van der Waals surface area contributed by atoms with Crippen molar-refractivity contribution in [1.82, 2.24) is 4.98 Å². The van der Waals surface area contributed by atoms with E-state index >= 15 is 0 Å². The highest BCUT2D eigenvalue weighted by atomic mass is 79.9. The summed E-state index contributed by atoms with van der Waals surface area (Å²) >= 11 is 5.17. The summed E-state index contributed by atoms with van der Waals surface area (Å²) in [6, 6.07) is 6.20. The molecule has 108 valence electrons. The van der Waals surface area contributed by atoms with Crippen LogP contribution < -0.4 is 5.32 Å². The van der Waals surface area contributed by atoms with Gasteiger partial charge < -0.3 is 10.1 Å². The van der Waals surface area contributed by atoms with Gasteiger partial charge in [0.05, 0.1) is 22.9 Å². The van der Waals surface area contributed by atoms with E-state index in [2.05, 4.69) is 44.4 Å². The quantitative estimate of drug-likeness (QED) is 0.781. The van der Waals surface area contributed by atoms with Gasteiger partial charge in [-0.3, -0.25) is 0 Å². The minimum Gasteiger partial charge on any atom is -0.376 e. The molecule has 0 radical (unpaired) electrons. The van der Waals surface area contributed by atoms with Crippen molar-refractivity contribution in [1.29, 1.82) is 0 Å². The Morgan fingerprint density at radius 3 is 3.00 bits per heavy atom. The van der Waals surface area contributed by atoms with E-state index in [0.717, 1.165) is 28.3 Å². The Hall–Kier alpha value is -0.650. The van der Waals surface area contributed by atoms with Crippen LogP contribution >= 0.6 is 27.3 Å². The first-order valence-corrected chi connectivity index (χ1v) is 8.84. The molecule has 1 aromatic heterocycles. The van der Waals surface area contributed by atoms with Gasteiger partial charge in [0, 0.05) is 11.0 Å². The molecule has 0 atom stereocenters. The van der Waals surface area contributed by atoms with Crippen molar-refractivity contribution in [2.24, 2.45) is 0 Å². The van der Waals surface area contributed by atoms with E-state index in [0.29, 0.717) is 6.10 Å². The molecule has 1 aliphatic rings. The first kappa shape index (κ1) is 14.3. The molecule has 1 aromatic carbocycles. The number of fused-ring (bicyclic) bond motifs is 1. The minimum absolute atomic E-state index is 0.483. The van der Waals surface area contributed by atoms with Gasteiger partial charge in [0.25, 0.3) is 0 Å². The predicted octanol–water partition coefficient (Wildman–Crippen LogP) is 4.82. The van der Waals surface area contributed by atoms with Gasteiger partial charge >= 0.3 is 0 Å². The first-order chi connectivity index (χ1) is 9.81. The van der Waals surface area contributed by atoms with Crippen LogP contribution in [0.2, 0.25) is 0 Å². The second kappa shape index (κ2) is 6.87. The van der Waals surface area contributed by atoms with Crippen LogP contribution in [0.3, 0.4) is 0 Å². The number of aromatic nitrogens is 1. The Morgan fingerprint density at radius 1 is 1.30 bits per heavy atom. The van der Waals surface area contributed by atoms with E-state index in [-0.39, 0.29) is 0 Å². The van der Waals surface area contributed by atoms with Crippen molar-refractivity contribution >= 4 is 42.6 Å². The maximum Gasteiger partial charge on any atom is 0.183 e. The normalized spacial score (nSPS) is 16.6. The summed E-state index contributed by atoms with van der Waals surface area (Å²) in [5.41, 5.74) is 1.04. The van der Waals surface area contributed by atoms with E-state index in [9.17, 15) is 0 Å². The van der Waals surface area contributed by atoms with Crippen LogP contribution in [0.15, 0.2) is 22.7 Å². The number of anilines is 1. The van der Waals surface area contributed by atoms with Crippen molar-refractivity contribution in [3.63, 3.8) is 0 Å². The molecular formula is C15H19BrN2OS. The van der Waals surface area contributed by atoms with Crippen LogP contribution in [0.5, 0.6) is 0 Å². The monoisotopic (exact) mass is 354 g/mol. The maximum absolute atomic E-state index is 5.90. The van der Waals surface area contributed by atoms with E-state index < -0.39 is 0 Å². The summed E-state index contributed by atoms with van der Waals surface area (Å²) in [5.74, 6) is 0. The Kier molecular flexibility index (Phi) is 4.91. The molecule has 1 saturated carbocycles. The number of thiazole rings is 1. The Balaban J connectivity index is 1.47. The minimum atomic E-state index is 0.483. The number of nitrogens with zero attached hydrogens (tertiary/aromatic N) is 1. The SMILES string of the molecule is Brc1ccc2sc(NCCOC3CCCCC3)nc2c1. The van der Waals surface area contributed by atoms with Gasteiger partial charge in [-0.2, -0.15) is 0 Å². The number of rotatable bonds is 5. The van der Waals surface area contributed by atoms with Gasteiger partial charge in [0.2, 0.25) is 0 Å². The lowest BCUT2D eigenvalue weighted by Crippen LogP contribution is -2.20. The number of benzene rings is 1. The maximum atomic E-state index is 5.90. The molecular weight excluding hydrogens is 336 g/mol. The van der Waals surface area contributed by atoms with Crippen molar-refractivity contribution in [2.75, 3.05) is 18.5 Å². The van der Waals surface area contributed by atoms with Crippen molar-refractivity contribution in [2.45, 2.75) is 38.2 Å². The van der Waals surface area contributed by atoms with Crippen LogP contribution in [0.1, 0.15) is 32.1 Å². The fraction of sp³-hybridized carbons (Fsp3) is 0.533. The third-order valence-corrected chi connectivity index (χ3v) is 5.12. The molecule has 5 heteroatoms. The Morgan fingerprint density at radius 2 is 2.15 bits per heavy atom. The second-order valence-electron chi connectivity index (χ2n) is 5.19. The van der Waals surface area contributed by atoms with Crippen LogP contribution in [0.25, 0.3) is 10.2 Å². The zero-order valence-corrected chi connectivity index (χ0v) is 13.8. The molecule has 3 rings (SSSR count). The van der Waals surface area contributed by atoms with Crippen LogP contribution in [-0.2, 0) is 4.74 Å². The van der Waals surface area contributed by atoms with Crippen LogP contribution in [-0.4, -0.2) is 24.2 Å². The number of hydrogen-bond acceptors (Lipinski definition) is 4. The summed E-state index contributed by atoms with van der Waals surface area (Å²) in [7, 11) is 0. The molecule has 20 heavy (non-hydrogen) atoms. The third kappa shape index (κ3) is 3.71. The highest BCUT2D eigenvalue weighted by Crippen LogP contribution is 2.28. The molecule has 3 nitrogen and oxygen atoms in total. The van der Waals surface area contributed by atoms with Gasteiger partial charge in [0.15, 0.2) is 5.13 Å². The summed E-state index contributed by atoms with van der Waals surface area (Å²) in [5, 5.41) is 4.34. The average molecular weight is 355 g/mol. The summed E-state index contributed by atoms with van der Waals surface area (Å²) < 4.78 is 8.19. The van der Waals surface area contributed by atoms with Crippen LogP contribution in [0, 0.1) is 0 Å². The second-order valence-corrected chi connectivity index (χ2v) is 7.13. The van der Waals surface area contributed by atoms with Gasteiger partial charge in [-0.15, -0.1) is 0 Å². The van der Waals surface area contributed by atoms with Gasteiger partial charge in [-0.05, 0) is 31.0 Å². The fourth-order valence-electron chi connectivity index (χ4n) is 2.59.